The van der Waals surface area contributed by atoms with E-state index in [4.69, 9.17) is 9.15 Å². The predicted molar refractivity (Wildman–Crippen MR) is 116 cm³/mol. The highest BCUT2D eigenvalue weighted by atomic mass is 16.5. The van der Waals surface area contributed by atoms with E-state index in [1.165, 1.54) is 0 Å². The second-order valence-electron chi connectivity index (χ2n) is 6.68. The summed E-state index contributed by atoms with van der Waals surface area (Å²) in [7, 11) is 0. The van der Waals surface area contributed by atoms with Crippen molar-refractivity contribution in [1.82, 2.24) is 0 Å². The Morgan fingerprint density at radius 3 is 2.20 bits per heavy atom. The van der Waals surface area contributed by atoms with Crippen molar-refractivity contribution in [2.24, 2.45) is 0 Å². The fraction of sp³-hybridized carbons (Fsp3) is 0.0833. The first-order valence-corrected chi connectivity index (χ1v) is 9.52. The molecule has 0 bridgehead atoms. The van der Waals surface area contributed by atoms with Crippen LogP contribution in [-0.4, -0.2) is 17.9 Å². The van der Waals surface area contributed by atoms with Gasteiger partial charge in [0.15, 0.2) is 6.10 Å². The third kappa shape index (κ3) is 4.17. The van der Waals surface area contributed by atoms with Crippen LogP contribution < -0.4 is 15.4 Å². The van der Waals surface area contributed by atoms with Crippen LogP contribution in [0.1, 0.15) is 17.5 Å². The molecule has 4 aromatic rings. The minimum atomic E-state index is -0.772. The summed E-state index contributed by atoms with van der Waals surface area (Å²) in [4.78, 5) is 25.6. The van der Waals surface area contributed by atoms with Gasteiger partial charge in [0.25, 0.3) is 11.8 Å². The van der Waals surface area contributed by atoms with Crippen molar-refractivity contribution >= 4 is 34.2 Å². The smallest absolute Gasteiger partial charge is 0.293 e. The van der Waals surface area contributed by atoms with Crippen LogP contribution in [0, 0.1) is 0 Å². The lowest BCUT2D eigenvalue weighted by atomic mass is 10.2. The molecular weight excluding hydrogens is 380 g/mol. The fourth-order valence-corrected chi connectivity index (χ4v) is 3.02. The van der Waals surface area contributed by atoms with Crippen LogP contribution in [0.5, 0.6) is 5.75 Å². The number of benzene rings is 3. The monoisotopic (exact) mass is 400 g/mol. The van der Waals surface area contributed by atoms with Crippen molar-refractivity contribution in [2.75, 3.05) is 10.6 Å². The SMILES string of the molecule is C[C@@H](Oc1ccccc1)C(=O)Nc1c(C(=O)Nc2ccccc2)oc2ccccc12. The number of nitrogens with one attached hydrogen (secondary N) is 2. The molecule has 2 N–H and O–H groups in total. The average Bonchev–Trinajstić information content (AvgIpc) is 3.14. The van der Waals surface area contributed by atoms with E-state index in [0.717, 1.165) is 0 Å². The van der Waals surface area contributed by atoms with Crippen molar-refractivity contribution in [3.63, 3.8) is 0 Å². The normalized spacial score (nSPS) is 11.6. The molecular formula is C24H20N2O4. The number of fused-ring (bicyclic) bond motifs is 1. The van der Waals surface area contributed by atoms with E-state index in [9.17, 15) is 9.59 Å². The maximum atomic E-state index is 12.9. The summed E-state index contributed by atoms with van der Waals surface area (Å²) >= 11 is 0. The van der Waals surface area contributed by atoms with E-state index in [2.05, 4.69) is 10.6 Å². The Bertz CT molecular complexity index is 1170. The highest BCUT2D eigenvalue weighted by Crippen LogP contribution is 2.31. The predicted octanol–water partition coefficient (Wildman–Crippen LogP) is 5.09. The summed E-state index contributed by atoms with van der Waals surface area (Å²) in [6.07, 6.45) is -0.772. The Kier molecular flexibility index (Phi) is 5.48. The molecule has 0 aliphatic heterocycles. The molecule has 30 heavy (non-hydrogen) atoms. The van der Waals surface area contributed by atoms with Gasteiger partial charge in [-0.2, -0.15) is 0 Å². The zero-order chi connectivity index (χ0) is 20.9. The molecule has 1 atom stereocenters. The molecule has 6 nitrogen and oxygen atoms in total. The second-order valence-corrected chi connectivity index (χ2v) is 6.68. The van der Waals surface area contributed by atoms with Crippen LogP contribution in [0.25, 0.3) is 11.0 Å². The van der Waals surface area contributed by atoms with Gasteiger partial charge in [-0.1, -0.05) is 48.5 Å². The highest BCUT2D eigenvalue weighted by Gasteiger charge is 2.24. The summed E-state index contributed by atoms with van der Waals surface area (Å²) in [6, 6.07) is 25.3. The maximum Gasteiger partial charge on any atom is 0.293 e. The molecule has 0 aliphatic carbocycles. The quantitative estimate of drug-likeness (QED) is 0.472. The van der Waals surface area contributed by atoms with Crippen LogP contribution >= 0.6 is 0 Å². The minimum absolute atomic E-state index is 0.0281. The fourth-order valence-electron chi connectivity index (χ4n) is 3.02. The van der Waals surface area contributed by atoms with Gasteiger partial charge in [-0.25, -0.2) is 0 Å². The third-order valence-corrected chi connectivity index (χ3v) is 4.51. The van der Waals surface area contributed by atoms with Gasteiger partial charge >= 0.3 is 0 Å². The van der Waals surface area contributed by atoms with Gasteiger partial charge in [-0.05, 0) is 43.3 Å². The first-order valence-electron chi connectivity index (χ1n) is 9.52. The first kappa shape index (κ1) is 19.3. The molecule has 0 spiro atoms. The number of furan rings is 1. The van der Waals surface area contributed by atoms with Crippen molar-refractivity contribution in [1.29, 1.82) is 0 Å². The van der Waals surface area contributed by atoms with E-state index in [1.54, 1.807) is 49.4 Å². The van der Waals surface area contributed by atoms with E-state index in [0.29, 0.717) is 28.1 Å². The topological polar surface area (TPSA) is 80.6 Å². The number of carbonyl (C=O) groups is 2. The zero-order valence-electron chi connectivity index (χ0n) is 16.3. The van der Waals surface area contributed by atoms with Gasteiger partial charge in [0, 0.05) is 11.1 Å². The standard InChI is InChI=1S/C24H20N2O4/c1-16(29-18-12-6-3-7-13-18)23(27)26-21-19-14-8-9-15-20(19)30-22(21)24(28)25-17-10-4-2-5-11-17/h2-16H,1H3,(H,25,28)(H,26,27)/t16-/m1/s1. The Balaban J connectivity index is 1.60. The van der Waals surface area contributed by atoms with Gasteiger partial charge in [0.1, 0.15) is 17.0 Å². The molecule has 2 amide bonds. The van der Waals surface area contributed by atoms with E-state index in [1.807, 2.05) is 42.5 Å². The number of hydrogen-bond acceptors (Lipinski definition) is 4. The lowest BCUT2D eigenvalue weighted by molar-refractivity contribution is -0.122. The van der Waals surface area contributed by atoms with Gasteiger partial charge in [-0.3, -0.25) is 9.59 Å². The number of para-hydroxylation sites is 3. The summed E-state index contributed by atoms with van der Waals surface area (Å²) in [5, 5.41) is 6.22. The molecule has 1 aromatic heterocycles. The molecule has 0 radical (unpaired) electrons. The molecule has 6 heteroatoms. The molecule has 0 fully saturated rings. The molecule has 150 valence electrons. The van der Waals surface area contributed by atoms with Gasteiger partial charge in [-0.15, -0.1) is 0 Å². The highest BCUT2D eigenvalue weighted by molar-refractivity contribution is 6.14. The number of ether oxygens (including phenoxy) is 1. The number of rotatable bonds is 6. The van der Waals surface area contributed by atoms with E-state index < -0.39 is 12.0 Å². The lowest BCUT2D eigenvalue weighted by Crippen LogP contribution is -2.30. The largest absolute Gasteiger partial charge is 0.481 e. The van der Waals surface area contributed by atoms with Gasteiger partial charge < -0.3 is 19.8 Å². The van der Waals surface area contributed by atoms with Crippen molar-refractivity contribution in [3.8, 4) is 5.75 Å². The van der Waals surface area contributed by atoms with Gasteiger partial charge in [0.2, 0.25) is 5.76 Å². The summed E-state index contributed by atoms with van der Waals surface area (Å²) < 4.78 is 11.5. The Morgan fingerprint density at radius 2 is 1.47 bits per heavy atom. The molecule has 4 rings (SSSR count). The lowest BCUT2D eigenvalue weighted by Gasteiger charge is -2.15. The molecule has 0 unspecified atom stereocenters. The maximum absolute atomic E-state index is 12.9. The van der Waals surface area contributed by atoms with Crippen molar-refractivity contribution < 1.29 is 18.7 Å². The summed E-state index contributed by atoms with van der Waals surface area (Å²) in [5.74, 6) is -0.233. The van der Waals surface area contributed by atoms with Crippen molar-refractivity contribution in [2.45, 2.75) is 13.0 Å². The minimum Gasteiger partial charge on any atom is -0.481 e. The second kappa shape index (κ2) is 8.53. The number of carbonyl (C=O) groups excluding carboxylic acids is 2. The zero-order valence-corrected chi connectivity index (χ0v) is 16.3. The van der Waals surface area contributed by atoms with Crippen LogP contribution in [0.3, 0.4) is 0 Å². The number of anilines is 2. The Morgan fingerprint density at radius 1 is 0.833 bits per heavy atom. The first-order chi connectivity index (χ1) is 14.6. The molecule has 1 heterocycles. The van der Waals surface area contributed by atoms with Crippen LogP contribution in [-0.2, 0) is 4.79 Å². The number of amides is 2. The summed E-state index contributed by atoms with van der Waals surface area (Å²) in [6.45, 7) is 1.65. The Labute approximate surface area is 173 Å². The molecule has 0 saturated carbocycles. The third-order valence-electron chi connectivity index (χ3n) is 4.51. The van der Waals surface area contributed by atoms with Crippen molar-refractivity contribution in [3.05, 3.63) is 90.7 Å². The van der Waals surface area contributed by atoms with E-state index >= 15 is 0 Å². The molecule has 0 saturated heterocycles. The van der Waals surface area contributed by atoms with Gasteiger partial charge in [0.05, 0.1) is 0 Å². The van der Waals surface area contributed by atoms with E-state index in [-0.39, 0.29) is 11.7 Å². The van der Waals surface area contributed by atoms with Crippen LogP contribution in [0.15, 0.2) is 89.3 Å². The Hall–Kier alpha value is -4.06. The molecule has 0 aliphatic rings. The van der Waals surface area contributed by atoms with Crippen LogP contribution in [0.2, 0.25) is 0 Å². The number of hydrogen-bond donors (Lipinski definition) is 2. The summed E-state index contributed by atoms with van der Waals surface area (Å²) in [5.41, 5.74) is 1.44. The average molecular weight is 400 g/mol. The van der Waals surface area contributed by atoms with Crippen LogP contribution in [0.4, 0.5) is 11.4 Å². The molecule has 3 aromatic carbocycles.